The van der Waals surface area contributed by atoms with E-state index in [0.29, 0.717) is 0 Å². The molecule has 0 atom stereocenters. The van der Waals surface area contributed by atoms with E-state index >= 15 is 0 Å². The summed E-state index contributed by atoms with van der Waals surface area (Å²) in [5.74, 6) is 0.959. The van der Waals surface area contributed by atoms with Crippen molar-refractivity contribution in [2.45, 2.75) is 71.1 Å². The van der Waals surface area contributed by atoms with Gasteiger partial charge in [-0.2, -0.15) is 0 Å². The minimum absolute atomic E-state index is 0.805. The third kappa shape index (κ3) is 7.33. The van der Waals surface area contributed by atoms with Gasteiger partial charge in [-0.1, -0.05) is 121 Å². The van der Waals surface area contributed by atoms with Gasteiger partial charge in [0, 0.05) is 8.95 Å². The van der Waals surface area contributed by atoms with Gasteiger partial charge in [0.25, 0.3) is 0 Å². The highest BCUT2D eigenvalue weighted by Gasteiger charge is 2.23. The summed E-state index contributed by atoms with van der Waals surface area (Å²) < 4.78 is 8.22. The second-order valence-electron chi connectivity index (χ2n) is 9.54. The van der Waals surface area contributed by atoms with Gasteiger partial charge in [0.2, 0.25) is 0 Å². The largest absolute Gasteiger partial charge is 0.494 e. The minimum atomic E-state index is 0.805. The highest BCUT2D eigenvalue weighted by Crippen LogP contribution is 2.46. The number of ether oxygens (including phenoxy) is 1. The Morgan fingerprint density at radius 2 is 1.11 bits per heavy atom. The fourth-order valence-corrected chi connectivity index (χ4v) is 5.58. The van der Waals surface area contributed by atoms with Crippen molar-refractivity contribution in [1.29, 1.82) is 0 Å². The summed E-state index contributed by atoms with van der Waals surface area (Å²) in [5.41, 5.74) is 7.57. The lowest BCUT2D eigenvalue weighted by molar-refractivity contribution is 0.304. The molecule has 1 aliphatic rings. The topological polar surface area (TPSA) is 9.23 Å². The van der Waals surface area contributed by atoms with Gasteiger partial charge in [0.05, 0.1) is 6.61 Å². The van der Waals surface area contributed by atoms with Crippen molar-refractivity contribution >= 4 is 43.5 Å². The highest BCUT2D eigenvalue weighted by molar-refractivity contribution is 9.10. The van der Waals surface area contributed by atoms with Gasteiger partial charge >= 0.3 is 0 Å². The Hall–Kier alpha value is -1.84. The molecule has 0 aliphatic heterocycles. The van der Waals surface area contributed by atoms with Gasteiger partial charge in [-0.25, -0.2) is 0 Å². The van der Waals surface area contributed by atoms with E-state index in [-0.39, 0.29) is 0 Å². The van der Waals surface area contributed by atoms with Crippen molar-refractivity contribution in [3.63, 3.8) is 0 Å². The van der Waals surface area contributed by atoms with Crippen molar-refractivity contribution in [1.82, 2.24) is 0 Å². The lowest BCUT2D eigenvalue weighted by atomic mass is 10.0. The van der Waals surface area contributed by atoms with Gasteiger partial charge in [-0.05, 0) is 82.3 Å². The van der Waals surface area contributed by atoms with E-state index in [1.165, 1.54) is 91.2 Å². The van der Waals surface area contributed by atoms with Crippen molar-refractivity contribution in [2.75, 3.05) is 6.61 Å². The van der Waals surface area contributed by atoms with E-state index in [1.54, 1.807) is 0 Å². The van der Waals surface area contributed by atoms with Gasteiger partial charge in [0.15, 0.2) is 0 Å². The fourth-order valence-electron chi connectivity index (χ4n) is 4.86. The Kier molecular flexibility index (Phi) is 10.1. The molecule has 1 aliphatic carbocycles. The van der Waals surface area contributed by atoms with Gasteiger partial charge < -0.3 is 4.74 Å². The molecule has 0 bridgehead atoms. The summed E-state index contributed by atoms with van der Waals surface area (Å²) in [4.78, 5) is 0. The van der Waals surface area contributed by atoms with Crippen LogP contribution in [0, 0.1) is 0 Å². The lowest BCUT2D eigenvalue weighted by Crippen LogP contribution is -1.97. The molecule has 3 aromatic carbocycles. The summed E-state index contributed by atoms with van der Waals surface area (Å²) in [7, 11) is 0. The van der Waals surface area contributed by atoms with Crippen LogP contribution in [-0.4, -0.2) is 6.61 Å². The standard InChI is InChI=1S/C32H36Br2O/c1-2-3-4-5-6-7-8-9-10-11-20-35-27-16-12-24(13-17-27)21-30-31-22-25(33)14-18-28(31)29-19-15-26(34)23-32(29)30/h12-19,21-23H,2-11,20H2,1H3. The van der Waals surface area contributed by atoms with Crippen LogP contribution in [0.2, 0.25) is 0 Å². The van der Waals surface area contributed by atoms with Crippen LogP contribution in [0.3, 0.4) is 0 Å². The smallest absolute Gasteiger partial charge is 0.119 e. The first kappa shape index (κ1) is 26.2. The molecule has 0 heterocycles. The number of rotatable bonds is 13. The number of fused-ring (bicyclic) bond motifs is 3. The molecule has 35 heavy (non-hydrogen) atoms. The monoisotopic (exact) mass is 594 g/mol. The highest BCUT2D eigenvalue weighted by atomic mass is 79.9. The maximum atomic E-state index is 6.01. The molecule has 0 saturated heterocycles. The average molecular weight is 596 g/mol. The van der Waals surface area contributed by atoms with Crippen molar-refractivity contribution in [3.8, 4) is 16.9 Å². The molecule has 4 rings (SSSR count). The zero-order valence-electron chi connectivity index (χ0n) is 20.8. The van der Waals surface area contributed by atoms with E-state index in [2.05, 4.69) is 106 Å². The summed E-state index contributed by atoms with van der Waals surface area (Å²) in [5, 5.41) is 0. The van der Waals surface area contributed by atoms with Crippen LogP contribution in [-0.2, 0) is 0 Å². The molecule has 0 aromatic heterocycles. The molecule has 0 saturated carbocycles. The average Bonchev–Trinajstić information content (AvgIpc) is 3.15. The molecule has 0 fully saturated rings. The summed E-state index contributed by atoms with van der Waals surface area (Å²) >= 11 is 7.30. The maximum Gasteiger partial charge on any atom is 0.119 e. The van der Waals surface area contributed by atoms with Crippen LogP contribution >= 0.6 is 31.9 Å². The first-order valence-electron chi connectivity index (χ1n) is 13.2. The molecule has 184 valence electrons. The molecule has 1 nitrogen and oxygen atoms in total. The van der Waals surface area contributed by atoms with Crippen LogP contribution in [0.4, 0.5) is 0 Å². The third-order valence-electron chi connectivity index (χ3n) is 6.79. The van der Waals surface area contributed by atoms with E-state index < -0.39 is 0 Å². The normalized spacial score (nSPS) is 11.9. The summed E-state index contributed by atoms with van der Waals surface area (Å²) in [6.45, 7) is 3.08. The van der Waals surface area contributed by atoms with Gasteiger partial charge in [-0.3, -0.25) is 0 Å². The Bertz CT molecular complexity index is 1080. The predicted molar refractivity (Wildman–Crippen MR) is 158 cm³/mol. The van der Waals surface area contributed by atoms with Gasteiger partial charge in [-0.15, -0.1) is 0 Å². The first-order chi connectivity index (χ1) is 17.2. The Morgan fingerprint density at radius 3 is 1.66 bits per heavy atom. The van der Waals surface area contributed by atoms with E-state index in [0.717, 1.165) is 27.7 Å². The molecule has 0 radical (unpaired) electrons. The zero-order chi connectivity index (χ0) is 24.5. The van der Waals surface area contributed by atoms with Crippen LogP contribution < -0.4 is 4.74 Å². The van der Waals surface area contributed by atoms with E-state index in [9.17, 15) is 0 Å². The Labute approximate surface area is 228 Å². The Balaban J connectivity index is 1.29. The fraction of sp³-hybridized carbons (Fsp3) is 0.375. The molecule has 3 heteroatoms. The van der Waals surface area contributed by atoms with Crippen LogP contribution in [0.5, 0.6) is 5.75 Å². The second kappa shape index (κ2) is 13.5. The zero-order valence-corrected chi connectivity index (χ0v) is 24.0. The van der Waals surface area contributed by atoms with Crippen LogP contribution in [0.1, 0.15) is 87.8 Å². The van der Waals surface area contributed by atoms with E-state index in [1.807, 2.05) is 0 Å². The maximum absolute atomic E-state index is 6.01. The number of hydrogen-bond donors (Lipinski definition) is 0. The SMILES string of the molecule is CCCCCCCCCCCCOc1ccc(C=C2c3cc(Br)ccc3-c3ccc(Br)cc32)cc1. The van der Waals surface area contributed by atoms with E-state index in [4.69, 9.17) is 4.74 Å². The molecule has 0 unspecified atom stereocenters. The quantitative estimate of drug-likeness (QED) is 0.140. The van der Waals surface area contributed by atoms with Gasteiger partial charge in [0.1, 0.15) is 5.75 Å². The summed E-state index contributed by atoms with van der Waals surface area (Å²) in [6, 6.07) is 21.6. The molecule has 0 spiro atoms. The molecular formula is C32H36Br2O. The van der Waals surface area contributed by atoms with Crippen molar-refractivity contribution in [2.24, 2.45) is 0 Å². The molecule has 3 aromatic rings. The lowest BCUT2D eigenvalue weighted by Gasteiger charge is -2.08. The molecule has 0 amide bonds. The van der Waals surface area contributed by atoms with Crippen molar-refractivity contribution in [3.05, 3.63) is 86.3 Å². The van der Waals surface area contributed by atoms with Crippen LogP contribution in [0.15, 0.2) is 69.6 Å². The molecular weight excluding hydrogens is 560 g/mol. The predicted octanol–water partition coefficient (Wildman–Crippen LogP) is 11.1. The van der Waals surface area contributed by atoms with Crippen molar-refractivity contribution < 1.29 is 4.74 Å². The number of benzene rings is 3. The molecule has 0 N–H and O–H groups in total. The number of halogens is 2. The minimum Gasteiger partial charge on any atom is -0.494 e. The second-order valence-corrected chi connectivity index (χ2v) is 11.4. The number of unbranched alkanes of at least 4 members (excludes halogenated alkanes) is 9. The number of hydrogen-bond acceptors (Lipinski definition) is 1. The first-order valence-corrected chi connectivity index (χ1v) is 14.8. The Morgan fingerprint density at radius 1 is 0.600 bits per heavy atom. The summed E-state index contributed by atoms with van der Waals surface area (Å²) in [6.07, 6.45) is 15.8. The van der Waals surface area contributed by atoms with Crippen LogP contribution in [0.25, 0.3) is 22.8 Å². The third-order valence-corrected chi connectivity index (χ3v) is 7.78.